The summed E-state index contributed by atoms with van der Waals surface area (Å²) in [5.74, 6) is 0.425. The highest BCUT2D eigenvalue weighted by atomic mass is 16.6. The third-order valence-electron chi connectivity index (χ3n) is 2.68. The van der Waals surface area contributed by atoms with E-state index in [-0.39, 0.29) is 11.3 Å². The molecule has 20 heavy (non-hydrogen) atoms. The predicted octanol–water partition coefficient (Wildman–Crippen LogP) is 2.42. The molecular formula is C14H12N2O4. The summed E-state index contributed by atoms with van der Waals surface area (Å²) in [6, 6.07) is 9.71. The van der Waals surface area contributed by atoms with E-state index in [2.05, 4.69) is 4.98 Å². The highest BCUT2D eigenvalue weighted by Crippen LogP contribution is 2.22. The number of pyridine rings is 1. The van der Waals surface area contributed by atoms with Gasteiger partial charge in [0.1, 0.15) is 5.75 Å². The third kappa shape index (κ3) is 3.38. The fraction of sp³-hybridized carbons (Fsp3) is 0.143. The number of ether oxygens (including phenoxy) is 1. The van der Waals surface area contributed by atoms with Crippen LogP contribution in [0.15, 0.2) is 42.6 Å². The topological polar surface area (TPSA) is 82.3 Å². The molecule has 2 rings (SSSR count). The number of aldehydes is 1. The van der Waals surface area contributed by atoms with Crippen LogP contribution in [-0.2, 0) is 6.42 Å². The molecule has 6 nitrogen and oxygen atoms in total. The van der Waals surface area contributed by atoms with Crippen LogP contribution in [0.4, 0.5) is 5.69 Å². The van der Waals surface area contributed by atoms with Crippen molar-refractivity contribution in [1.82, 2.24) is 4.98 Å². The summed E-state index contributed by atoms with van der Waals surface area (Å²) in [5, 5.41) is 10.7. The van der Waals surface area contributed by atoms with Gasteiger partial charge in [0, 0.05) is 24.4 Å². The number of hydrogen-bond donors (Lipinski definition) is 0. The van der Waals surface area contributed by atoms with E-state index in [1.165, 1.54) is 18.2 Å². The van der Waals surface area contributed by atoms with E-state index in [0.717, 1.165) is 5.69 Å². The number of benzene rings is 1. The van der Waals surface area contributed by atoms with Crippen molar-refractivity contribution in [2.75, 3.05) is 6.61 Å². The largest absolute Gasteiger partial charge is 0.493 e. The average Bonchev–Trinajstić information content (AvgIpc) is 2.48. The molecule has 2 aromatic rings. The van der Waals surface area contributed by atoms with Crippen molar-refractivity contribution in [1.29, 1.82) is 0 Å². The maximum atomic E-state index is 10.8. The Morgan fingerprint density at radius 2 is 2.15 bits per heavy atom. The van der Waals surface area contributed by atoms with Crippen molar-refractivity contribution in [2.24, 2.45) is 0 Å². The van der Waals surface area contributed by atoms with Crippen LogP contribution in [0.5, 0.6) is 5.75 Å². The molecule has 0 saturated heterocycles. The van der Waals surface area contributed by atoms with Gasteiger partial charge in [-0.25, -0.2) is 0 Å². The molecule has 0 aliphatic rings. The first kappa shape index (κ1) is 13.7. The van der Waals surface area contributed by atoms with Gasteiger partial charge in [-0.1, -0.05) is 6.07 Å². The van der Waals surface area contributed by atoms with E-state index in [9.17, 15) is 14.9 Å². The van der Waals surface area contributed by atoms with Gasteiger partial charge < -0.3 is 4.74 Å². The maximum absolute atomic E-state index is 10.8. The Morgan fingerprint density at radius 1 is 1.30 bits per heavy atom. The van der Waals surface area contributed by atoms with Crippen molar-refractivity contribution in [3.8, 4) is 5.75 Å². The van der Waals surface area contributed by atoms with Crippen molar-refractivity contribution in [3.63, 3.8) is 0 Å². The lowest BCUT2D eigenvalue weighted by atomic mass is 10.2. The molecule has 0 fully saturated rings. The smallest absolute Gasteiger partial charge is 0.280 e. The maximum Gasteiger partial charge on any atom is 0.280 e. The molecule has 0 amide bonds. The molecule has 0 radical (unpaired) electrons. The zero-order valence-electron chi connectivity index (χ0n) is 10.6. The number of rotatable bonds is 6. The van der Waals surface area contributed by atoms with Gasteiger partial charge in [0.05, 0.1) is 17.1 Å². The Kier molecular flexibility index (Phi) is 4.39. The summed E-state index contributed by atoms with van der Waals surface area (Å²) in [6.07, 6.45) is 2.77. The summed E-state index contributed by atoms with van der Waals surface area (Å²) >= 11 is 0. The molecule has 0 spiro atoms. The van der Waals surface area contributed by atoms with E-state index in [1.54, 1.807) is 6.20 Å². The summed E-state index contributed by atoms with van der Waals surface area (Å²) in [6.45, 7) is 0.382. The van der Waals surface area contributed by atoms with E-state index in [0.29, 0.717) is 25.1 Å². The van der Waals surface area contributed by atoms with Gasteiger partial charge in [-0.15, -0.1) is 0 Å². The first-order valence-corrected chi connectivity index (χ1v) is 5.97. The third-order valence-corrected chi connectivity index (χ3v) is 2.68. The molecule has 0 atom stereocenters. The van der Waals surface area contributed by atoms with Crippen LogP contribution < -0.4 is 4.74 Å². The Labute approximate surface area is 115 Å². The van der Waals surface area contributed by atoms with Gasteiger partial charge in [-0.3, -0.25) is 19.9 Å². The number of nitrogens with zero attached hydrogens (tertiary/aromatic N) is 2. The molecule has 0 aliphatic carbocycles. The standard InChI is InChI=1S/C14H12N2O4/c17-10-11-9-13(4-5-14(11)16(18)19)20-8-6-12-3-1-2-7-15-12/h1-5,7,9-10H,6,8H2. The van der Waals surface area contributed by atoms with Gasteiger partial charge in [0.2, 0.25) is 0 Å². The Hall–Kier alpha value is -2.76. The van der Waals surface area contributed by atoms with Gasteiger partial charge >= 0.3 is 0 Å². The summed E-state index contributed by atoms with van der Waals surface area (Å²) in [4.78, 5) is 25.1. The second-order valence-corrected chi connectivity index (χ2v) is 4.02. The summed E-state index contributed by atoms with van der Waals surface area (Å²) in [7, 11) is 0. The zero-order valence-corrected chi connectivity index (χ0v) is 10.6. The lowest BCUT2D eigenvalue weighted by Crippen LogP contribution is -2.03. The molecule has 6 heteroatoms. The van der Waals surface area contributed by atoms with Gasteiger partial charge in [0.25, 0.3) is 5.69 Å². The molecule has 0 N–H and O–H groups in total. The van der Waals surface area contributed by atoms with E-state index >= 15 is 0 Å². The van der Waals surface area contributed by atoms with Gasteiger partial charge in [-0.05, 0) is 24.3 Å². The highest BCUT2D eigenvalue weighted by molar-refractivity contribution is 5.82. The first-order chi connectivity index (χ1) is 9.70. The van der Waals surface area contributed by atoms with Crippen LogP contribution in [0.3, 0.4) is 0 Å². The lowest BCUT2D eigenvalue weighted by Gasteiger charge is -2.06. The molecule has 1 heterocycles. The van der Waals surface area contributed by atoms with Crippen molar-refractivity contribution < 1.29 is 14.5 Å². The fourth-order valence-electron chi connectivity index (χ4n) is 1.70. The molecule has 0 saturated carbocycles. The van der Waals surface area contributed by atoms with Crippen LogP contribution in [0.25, 0.3) is 0 Å². The van der Waals surface area contributed by atoms with Crippen LogP contribution >= 0.6 is 0 Å². The monoisotopic (exact) mass is 272 g/mol. The number of nitro benzene ring substituents is 1. The molecule has 0 aliphatic heterocycles. The Morgan fingerprint density at radius 3 is 2.80 bits per heavy atom. The second kappa shape index (κ2) is 6.42. The quantitative estimate of drug-likeness (QED) is 0.458. The van der Waals surface area contributed by atoms with Crippen molar-refractivity contribution >= 4 is 12.0 Å². The molecule has 0 unspecified atom stereocenters. The highest BCUT2D eigenvalue weighted by Gasteiger charge is 2.13. The Balaban J connectivity index is 2.00. The van der Waals surface area contributed by atoms with Crippen LogP contribution in [0.1, 0.15) is 16.1 Å². The molecule has 1 aromatic carbocycles. The number of hydrogen-bond acceptors (Lipinski definition) is 5. The zero-order chi connectivity index (χ0) is 14.4. The minimum absolute atomic E-state index is 0.00494. The normalized spacial score (nSPS) is 10.0. The second-order valence-electron chi connectivity index (χ2n) is 4.02. The minimum atomic E-state index is -0.596. The number of aromatic nitrogens is 1. The van der Waals surface area contributed by atoms with E-state index in [4.69, 9.17) is 4.74 Å². The average molecular weight is 272 g/mol. The fourth-order valence-corrected chi connectivity index (χ4v) is 1.70. The molecular weight excluding hydrogens is 260 g/mol. The molecule has 102 valence electrons. The lowest BCUT2D eigenvalue weighted by molar-refractivity contribution is -0.385. The van der Waals surface area contributed by atoms with Crippen molar-refractivity contribution in [3.05, 3.63) is 64.0 Å². The summed E-state index contributed by atoms with van der Waals surface area (Å²) in [5.41, 5.74) is 0.674. The van der Waals surface area contributed by atoms with Crippen LogP contribution in [-0.4, -0.2) is 22.8 Å². The SMILES string of the molecule is O=Cc1cc(OCCc2ccccn2)ccc1[N+](=O)[O-]. The number of nitro groups is 1. The molecule has 1 aromatic heterocycles. The number of carbonyl (C=O) groups excluding carboxylic acids is 1. The van der Waals surface area contributed by atoms with E-state index < -0.39 is 4.92 Å². The van der Waals surface area contributed by atoms with Crippen LogP contribution in [0.2, 0.25) is 0 Å². The number of carbonyl (C=O) groups is 1. The van der Waals surface area contributed by atoms with Gasteiger partial charge in [-0.2, -0.15) is 0 Å². The Bertz CT molecular complexity index is 614. The van der Waals surface area contributed by atoms with E-state index in [1.807, 2.05) is 18.2 Å². The predicted molar refractivity (Wildman–Crippen MR) is 71.9 cm³/mol. The van der Waals surface area contributed by atoms with Crippen LogP contribution in [0, 0.1) is 10.1 Å². The van der Waals surface area contributed by atoms with Gasteiger partial charge in [0.15, 0.2) is 6.29 Å². The first-order valence-electron chi connectivity index (χ1n) is 5.97. The molecule has 0 bridgehead atoms. The summed E-state index contributed by atoms with van der Waals surface area (Å²) < 4.78 is 5.47. The van der Waals surface area contributed by atoms with Crippen molar-refractivity contribution in [2.45, 2.75) is 6.42 Å². The minimum Gasteiger partial charge on any atom is -0.493 e.